The molecule has 20 heavy (non-hydrogen) atoms. The molecule has 110 valence electrons. The Balaban J connectivity index is 1.63. The van der Waals surface area contributed by atoms with Crippen molar-refractivity contribution in [2.45, 2.75) is 12.8 Å². The summed E-state index contributed by atoms with van der Waals surface area (Å²) in [7, 11) is 0. The van der Waals surface area contributed by atoms with E-state index in [2.05, 4.69) is 10.2 Å². The molecule has 1 heterocycles. The fraction of sp³-hybridized carbons (Fsp3) is 0.571. The van der Waals surface area contributed by atoms with E-state index in [0.29, 0.717) is 12.4 Å². The number of non-ortho nitro benzene ring substituents is 1. The van der Waals surface area contributed by atoms with Gasteiger partial charge in [-0.3, -0.25) is 10.1 Å². The molecule has 0 aromatic heterocycles. The molecule has 1 fully saturated rings. The molecule has 6 nitrogen and oxygen atoms in total. The van der Waals surface area contributed by atoms with Crippen molar-refractivity contribution in [3.8, 4) is 5.75 Å². The van der Waals surface area contributed by atoms with Gasteiger partial charge in [-0.2, -0.15) is 0 Å². The second-order valence-electron chi connectivity index (χ2n) is 4.90. The quantitative estimate of drug-likeness (QED) is 0.467. The zero-order valence-corrected chi connectivity index (χ0v) is 11.6. The molecule has 0 aliphatic carbocycles. The van der Waals surface area contributed by atoms with Gasteiger partial charge in [-0.15, -0.1) is 0 Å². The lowest BCUT2D eigenvalue weighted by atomic mass is 10.2. The number of piperazine rings is 1. The summed E-state index contributed by atoms with van der Waals surface area (Å²) in [4.78, 5) is 12.7. The Morgan fingerprint density at radius 3 is 2.85 bits per heavy atom. The summed E-state index contributed by atoms with van der Waals surface area (Å²) in [6.45, 7) is 6.08. The van der Waals surface area contributed by atoms with E-state index in [1.807, 2.05) is 0 Å². The summed E-state index contributed by atoms with van der Waals surface area (Å²) < 4.78 is 5.55. The minimum absolute atomic E-state index is 0.0725. The molecule has 0 saturated carbocycles. The van der Waals surface area contributed by atoms with Gasteiger partial charge >= 0.3 is 0 Å². The highest BCUT2D eigenvalue weighted by atomic mass is 16.6. The van der Waals surface area contributed by atoms with Crippen molar-refractivity contribution < 1.29 is 9.66 Å². The number of hydrogen-bond donors (Lipinski definition) is 1. The van der Waals surface area contributed by atoms with E-state index in [9.17, 15) is 10.1 Å². The number of nitrogens with zero attached hydrogens (tertiary/aromatic N) is 2. The largest absolute Gasteiger partial charge is 0.493 e. The standard InChI is InChI=1S/C14H21N3O3/c18-17(19)13-4-3-5-14(12-13)20-11-2-1-8-16-9-6-15-7-10-16/h3-5,12,15H,1-2,6-11H2. The third kappa shape index (κ3) is 4.79. The Morgan fingerprint density at radius 1 is 1.30 bits per heavy atom. The van der Waals surface area contributed by atoms with Crippen LogP contribution in [-0.4, -0.2) is 49.2 Å². The maximum Gasteiger partial charge on any atom is 0.273 e. The average molecular weight is 279 g/mol. The molecule has 0 radical (unpaired) electrons. The third-order valence-corrected chi connectivity index (χ3v) is 3.38. The topological polar surface area (TPSA) is 67.6 Å². The molecular formula is C14H21N3O3. The summed E-state index contributed by atoms with van der Waals surface area (Å²) in [5.74, 6) is 0.571. The van der Waals surface area contributed by atoms with E-state index in [1.54, 1.807) is 12.1 Å². The van der Waals surface area contributed by atoms with E-state index in [4.69, 9.17) is 4.74 Å². The van der Waals surface area contributed by atoms with Gasteiger partial charge in [0.2, 0.25) is 0 Å². The van der Waals surface area contributed by atoms with Gasteiger partial charge < -0.3 is 15.0 Å². The van der Waals surface area contributed by atoms with Crippen LogP contribution in [0.4, 0.5) is 5.69 Å². The first kappa shape index (κ1) is 14.7. The predicted molar refractivity (Wildman–Crippen MR) is 77.1 cm³/mol. The SMILES string of the molecule is O=[N+]([O-])c1cccc(OCCCCN2CCNCC2)c1. The fourth-order valence-corrected chi connectivity index (χ4v) is 2.25. The Morgan fingerprint density at radius 2 is 2.10 bits per heavy atom. The molecule has 2 rings (SSSR count). The highest BCUT2D eigenvalue weighted by molar-refractivity contribution is 5.37. The van der Waals surface area contributed by atoms with Gasteiger partial charge in [-0.1, -0.05) is 6.07 Å². The van der Waals surface area contributed by atoms with E-state index in [0.717, 1.165) is 45.6 Å². The number of unbranched alkanes of at least 4 members (excludes halogenated alkanes) is 1. The summed E-state index contributed by atoms with van der Waals surface area (Å²) in [6.07, 6.45) is 2.06. The minimum Gasteiger partial charge on any atom is -0.493 e. The van der Waals surface area contributed by atoms with Gasteiger partial charge in [0, 0.05) is 32.2 Å². The number of nitro groups is 1. The molecule has 1 aliphatic heterocycles. The zero-order chi connectivity index (χ0) is 14.2. The lowest BCUT2D eigenvalue weighted by Gasteiger charge is -2.26. The molecule has 0 spiro atoms. The lowest BCUT2D eigenvalue weighted by molar-refractivity contribution is -0.384. The van der Waals surface area contributed by atoms with Crippen molar-refractivity contribution in [2.24, 2.45) is 0 Å². The van der Waals surface area contributed by atoms with Crippen molar-refractivity contribution >= 4 is 5.69 Å². The predicted octanol–water partition coefficient (Wildman–Crippen LogP) is 1.66. The monoisotopic (exact) mass is 279 g/mol. The van der Waals surface area contributed by atoms with Crippen LogP contribution in [0.25, 0.3) is 0 Å². The number of nitrogens with one attached hydrogen (secondary N) is 1. The maximum atomic E-state index is 10.6. The highest BCUT2D eigenvalue weighted by Gasteiger charge is 2.09. The Labute approximate surface area is 118 Å². The number of hydrogen-bond acceptors (Lipinski definition) is 5. The Hall–Kier alpha value is -1.66. The normalized spacial score (nSPS) is 16.0. The van der Waals surface area contributed by atoms with Crippen molar-refractivity contribution in [1.29, 1.82) is 0 Å². The molecule has 6 heteroatoms. The molecular weight excluding hydrogens is 258 g/mol. The van der Waals surface area contributed by atoms with Crippen LogP contribution in [-0.2, 0) is 0 Å². The molecule has 1 aliphatic rings. The molecule has 0 atom stereocenters. The van der Waals surface area contributed by atoms with Crippen molar-refractivity contribution in [3.05, 3.63) is 34.4 Å². The van der Waals surface area contributed by atoms with E-state index in [-0.39, 0.29) is 5.69 Å². The average Bonchev–Trinajstić information content (AvgIpc) is 2.48. The second kappa shape index (κ2) is 7.81. The van der Waals surface area contributed by atoms with Crippen LogP contribution in [0.2, 0.25) is 0 Å². The van der Waals surface area contributed by atoms with Crippen molar-refractivity contribution in [1.82, 2.24) is 10.2 Å². The lowest BCUT2D eigenvalue weighted by Crippen LogP contribution is -2.43. The highest BCUT2D eigenvalue weighted by Crippen LogP contribution is 2.19. The first-order valence-corrected chi connectivity index (χ1v) is 7.06. The summed E-state index contributed by atoms with van der Waals surface area (Å²) in [5, 5.41) is 14.0. The van der Waals surface area contributed by atoms with Gasteiger partial charge in [0.1, 0.15) is 5.75 Å². The van der Waals surface area contributed by atoms with Gasteiger partial charge in [0.15, 0.2) is 0 Å². The van der Waals surface area contributed by atoms with Crippen LogP contribution >= 0.6 is 0 Å². The van der Waals surface area contributed by atoms with Crippen LogP contribution in [0.5, 0.6) is 5.75 Å². The molecule has 1 aromatic rings. The Bertz CT molecular complexity index is 433. The molecule has 0 bridgehead atoms. The van der Waals surface area contributed by atoms with Gasteiger partial charge in [-0.25, -0.2) is 0 Å². The van der Waals surface area contributed by atoms with Crippen molar-refractivity contribution in [3.63, 3.8) is 0 Å². The first-order valence-electron chi connectivity index (χ1n) is 7.06. The van der Waals surface area contributed by atoms with Crippen LogP contribution in [0.1, 0.15) is 12.8 Å². The summed E-state index contributed by atoms with van der Waals surface area (Å²) in [5.41, 5.74) is 0.0725. The summed E-state index contributed by atoms with van der Waals surface area (Å²) >= 11 is 0. The van der Waals surface area contributed by atoms with Crippen LogP contribution < -0.4 is 10.1 Å². The van der Waals surface area contributed by atoms with Crippen LogP contribution in [0.15, 0.2) is 24.3 Å². The van der Waals surface area contributed by atoms with Gasteiger partial charge in [-0.05, 0) is 25.5 Å². The second-order valence-corrected chi connectivity index (χ2v) is 4.90. The minimum atomic E-state index is -0.406. The van der Waals surface area contributed by atoms with Crippen molar-refractivity contribution in [2.75, 3.05) is 39.3 Å². The van der Waals surface area contributed by atoms with Gasteiger partial charge in [0.05, 0.1) is 17.6 Å². The molecule has 0 amide bonds. The Kier molecular flexibility index (Phi) is 5.76. The first-order chi connectivity index (χ1) is 9.75. The van der Waals surface area contributed by atoms with Gasteiger partial charge in [0.25, 0.3) is 5.69 Å². The maximum absolute atomic E-state index is 10.6. The van der Waals surface area contributed by atoms with Crippen LogP contribution in [0, 0.1) is 10.1 Å². The van der Waals surface area contributed by atoms with E-state index >= 15 is 0 Å². The number of benzene rings is 1. The van der Waals surface area contributed by atoms with E-state index < -0.39 is 4.92 Å². The summed E-state index contributed by atoms with van der Waals surface area (Å²) in [6, 6.07) is 6.34. The number of nitro benzene ring substituents is 1. The van der Waals surface area contributed by atoms with E-state index in [1.165, 1.54) is 12.1 Å². The fourth-order valence-electron chi connectivity index (χ4n) is 2.25. The zero-order valence-electron chi connectivity index (χ0n) is 11.6. The molecule has 1 N–H and O–H groups in total. The third-order valence-electron chi connectivity index (χ3n) is 3.38. The molecule has 0 unspecified atom stereocenters. The molecule has 1 aromatic carbocycles. The number of ether oxygens (including phenoxy) is 1. The van der Waals surface area contributed by atoms with Crippen LogP contribution in [0.3, 0.4) is 0 Å². The smallest absolute Gasteiger partial charge is 0.273 e. The number of rotatable bonds is 7. The molecule has 1 saturated heterocycles.